The normalized spacial score (nSPS) is 12.0. The van der Waals surface area contributed by atoms with Crippen molar-refractivity contribution in [2.75, 3.05) is 27.2 Å². The third kappa shape index (κ3) is 8.06. The van der Waals surface area contributed by atoms with Crippen LogP contribution in [0.25, 0.3) is 0 Å². The average molecular weight is 258 g/mol. The van der Waals surface area contributed by atoms with E-state index in [9.17, 15) is 9.59 Å². The Morgan fingerprint density at radius 3 is 2.50 bits per heavy atom. The molecule has 0 spiro atoms. The number of amides is 1. The molecule has 0 rings (SSSR count). The van der Waals surface area contributed by atoms with E-state index in [1.807, 2.05) is 0 Å². The molecule has 0 heterocycles. The zero-order chi connectivity index (χ0) is 14.0. The molecule has 0 aromatic rings. The Morgan fingerprint density at radius 2 is 1.94 bits per heavy atom. The Bertz CT molecular complexity index is 257. The lowest BCUT2D eigenvalue weighted by molar-refractivity contribution is -0.141. The predicted molar refractivity (Wildman–Crippen MR) is 71.0 cm³/mol. The molecule has 0 saturated heterocycles. The Kier molecular flexibility index (Phi) is 9.28. The van der Waals surface area contributed by atoms with Crippen molar-refractivity contribution in [1.29, 1.82) is 0 Å². The van der Waals surface area contributed by atoms with E-state index in [0.29, 0.717) is 38.3 Å². The van der Waals surface area contributed by atoms with Crippen LogP contribution >= 0.6 is 0 Å². The van der Waals surface area contributed by atoms with Gasteiger partial charge in [-0.05, 0) is 31.7 Å². The van der Waals surface area contributed by atoms with Gasteiger partial charge in [-0.25, -0.2) is 0 Å². The summed E-state index contributed by atoms with van der Waals surface area (Å²) in [5.74, 6) is 0.388. The second kappa shape index (κ2) is 9.88. The number of esters is 1. The topological polar surface area (TPSA) is 72.6 Å². The minimum absolute atomic E-state index is 0.128. The van der Waals surface area contributed by atoms with Crippen LogP contribution in [0.15, 0.2) is 0 Å². The Balaban J connectivity index is 3.72. The van der Waals surface area contributed by atoms with Crippen molar-refractivity contribution in [3.63, 3.8) is 0 Å². The molecule has 5 nitrogen and oxygen atoms in total. The van der Waals surface area contributed by atoms with Crippen molar-refractivity contribution in [1.82, 2.24) is 4.90 Å². The van der Waals surface area contributed by atoms with Gasteiger partial charge in [-0.2, -0.15) is 0 Å². The summed E-state index contributed by atoms with van der Waals surface area (Å²) in [6.07, 6.45) is 3.39. The summed E-state index contributed by atoms with van der Waals surface area (Å²) in [5.41, 5.74) is 5.46. The monoisotopic (exact) mass is 258 g/mol. The summed E-state index contributed by atoms with van der Waals surface area (Å²) in [5, 5.41) is 0. The van der Waals surface area contributed by atoms with E-state index in [4.69, 9.17) is 5.73 Å². The van der Waals surface area contributed by atoms with Crippen molar-refractivity contribution in [3.8, 4) is 0 Å². The van der Waals surface area contributed by atoms with Crippen LogP contribution in [0, 0.1) is 5.92 Å². The van der Waals surface area contributed by atoms with Crippen LogP contribution < -0.4 is 5.73 Å². The van der Waals surface area contributed by atoms with Crippen molar-refractivity contribution >= 4 is 11.9 Å². The molecule has 1 amide bonds. The first-order chi connectivity index (χ1) is 8.51. The van der Waals surface area contributed by atoms with Gasteiger partial charge < -0.3 is 15.4 Å². The van der Waals surface area contributed by atoms with E-state index >= 15 is 0 Å². The number of carbonyl (C=O) groups excluding carboxylic acids is 2. The van der Waals surface area contributed by atoms with Gasteiger partial charge in [0.1, 0.15) is 0 Å². The summed E-state index contributed by atoms with van der Waals surface area (Å²) in [4.78, 5) is 24.4. The highest BCUT2D eigenvalue weighted by Gasteiger charge is 2.11. The molecule has 0 fully saturated rings. The molecule has 0 aliphatic rings. The van der Waals surface area contributed by atoms with Gasteiger partial charge in [-0.15, -0.1) is 0 Å². The molecule has 1 atom stereocenters. The van der Waals surface area contributed by atoms with E-state index in [2.05, 4.69) is 11.7 Å². The maximum Gasteiger partial charge on any atom is 0.305 e. The van der Waals surface area contributed by atoms with Gasteiger partial charge in [0.25, 0.3) is 0 Å². The standard InChI is InChI=1S/C13H26N2O3/c1-11(8-9-14)6-7-12(16)15(2)10-4-5-13(17)18-3/h11H,4-10,14H2,1-3H3. The summed E-state index contributed by atoms with van der Waals surface area (Å²) in [6.45, 7) is 3.38. The van der Waals surface area contributed by atoms with E-state index in [1.54, 1.807) is 11.9 Å². The molecule has 0 bridgehead atoms. The number of nitrogens with zero attached hydrogens (tertiary/aromatic N) is 1. The Hall–Kier alpha value is -1.10. The van der Waals surface area contributed by atoms with Gasteiger partial charge in [0, 0.05) is 26.4 Å². The molecule has 0 aliphatic carbocycles. The quantitative estimate of drug-likeness (QED) is 0.630. The van der Waals surface area contributed by atoms with Crippen LogP contribution in [0.1, 0.15) is 39.0 Å². The van der Waals surface area contributed by atoms with Crippen LogP contribution in [-0.4, -0.2) is 44.0 Å². The molecular weight excluding hydrogens is 232 g/mol. The number of methoxy groups -OCH3 is 1. The highest BCUT2D eigenvalue weighted by molar-refractivity contribution is 5.76. The van der Waals surface area contributed by atoms with Crippen LogP contribution in [0.5, 0.6) is 0 Å². The van der Waals surface area contributed by atoms with Crippen molar-refractivity contribution in [2.24, 2.45) is 11.7 Å². The lowest BCUT2D eigenvalue weighted by atomic mass is 10.0. The zero-order valence-electron chi connectivity index (χ0n) is 11.8. The maximum atomic E-state index is 11.8. The number of rotatable bonds is 9. The largest absolute Gasteiger partial charge is 0.469 e. The highest BCUT2D eigenvalue weighted by atomic mass is 16.5. The molecule has 2 N–H and O–H groups in total. The molecule has 0 aromatic carbocycles. The first-order valence-electron chi connectivity index (χ1n) is 6.52. The molecule has 0 saturated carbocycles. The first-order valence-corrected chi connectivity index (χ1v) is 6.52. The van der Waals surface area contributed by atoms with Crippen LogP contribution in [0.2, 0.25) is 0 Å². The fourth-order valence-electron chi connectivity index (χ4n) is 1.68. The Morgan fingerprint density at radius 1 is 1.28 bits per heavy atom. The molecule has 0 aliphatic heterocycles. The van der Waals surface area contributed by atoms with E-state index < -0.39 is 0 Å². The molecule has 0 aromatic heterocycles. The highest BCUT2D eigenvalue weighted by Crippen LogP contribution is 2.10. The SMILES string of the molecule is COC(=O)CCCN(C)C(=O)CCC(C)CCN. The fraction of sp³-hybridized carbons (Fsp3) is 0.846. The molecular formula is C13H26N2O3. The van der Waals surface area contributed by atoms with Crippen molar-refractivity contribution in [3.05, 3.63) is 0 Å². The molecule has 106 valence electrons. The van der Waals surface area contributed by atoms with Crippen LogP contribution in [-0.2, 0) is 14.3 Å². The van der Waals surface area contributed by atoms with Gasteiger partial charge in [0.2, 0.25) is 5.91 Å². The molecule has 1 unspecified atom stereocenters. The minimum atomic E-state index is -0.229. The van der Waals surface area contributed by atoms with Gasteiger partial charge >= 0.3 is 5.97 Å². The van der Waals surface area contributed by atoms with Crippen molar-refractivity contribution in [2.45, 2.75) is 39.0 Å². The number of hydrogen-bond acceptors (Lipinski definition) is 4. The average Bonchev–Trinajstić information content (AvgIpc) is 2.35. The molecule has 0 radical (unpaired) electrons. The molecule has 5 heteroatoms. The summed E-state index contributed by atoms with van der Waals surface area (Å²) in [7, 11) is 3.14. The number of hydrogen-bond donors (Lipinski definition) is 1. The first kappa shape index (κ1) is 16.9. The van der Waals surface area contributed by atoms with Crippen LogP contribution in [0.3, 0.4) is 0 Å². The van der Waals surface area contributed by atoms with Crippen LogP contribution in [0.4, 0.5) is 0 Å². The van der Waals surface area contributed by atoms with Gasteiger partial charge in [-0.1, -0.05) is 6.92 Å². The zero-order valence-corrected chi connectivity index (χ0v) is 11.8. The lowest BCUT2D eigenvalue weighted by Gasteiger charge is -2.18. The summed E-state index contributed by atoms with van der Waals surface area (Å²) >= 11 is 0. The van der Waals surface area contributed by atoms with E-state index in [-0.39, 0.29) is 11.9 Å². The number of carbonyl (C=O) groups is 2. The lowest BCUT2D eigenvalue weighted by Crippen LogP contribution is -2.28. The van der Waals surface area contributed by atoms with Gasteiger partial charge in [-0.3, -0.25) is 9.59 Å². The van der Waals surface area contributed by atoms with Gasteiger partial charge in [0.05, 0.1) is 7.11 Å². The summed E-state index contributed by atoms with van der Waals surface area (Å²) in [6, 6.07) is 0. The van der Waals surface area contributed by atoms with E-state index in [1.165, 1.54) is 7.11 Å². The minimum Gasteiger partial charge on any atom is -0.469 e. The molecule has 18 heavy (non-hydrogen) atoms. The Labute approximate surface area is 110 Å². The third-order valence-corrected chi connectivity index (χ3v) is 3.04. The second-order valence-electron chi connectivity index (χ2n) is 4.72. The third-order valence-electron chi connectivity index (χ3n) is 3.04. The fourth-order valence-corrected chi connectivity index (χ4v) is 1.68. The van der Waals surface area contributed by atoms with E-state index in [0.717, 1.165) is 12.8 Å². The summed E-state index contributed by atoms with van der Waals surface area (Å²) < 4.78 is 4.54. The number of ether oxygens (including phenoxy) is 1. The maximum absolute atomic E-state index is 11.8. The van der Waals surface area contributed by atoms with Gasteiger partial charge in [0.15, 0.2) is 0 Å². The smallest absolute Gasteiger partial charge is 0.305 e. The van der Waals surface area contributed by atoms with Crippen molar-refractivity contribution < 1.29 is 14.3 Å². The second-order valence-corrected chi connectivity index (χ2v) is 4.72. The predicted octanol–water partition coefficient (Wildman–Crippen LogP) is 1.16. The number of nitrogens with two attached hydrogens (primary N) is 1.